The quantitative estimate of drug-likeness (QED) is 0.874. The molecule has 1 amide bonds. The Morgan fingerprint density at radius 3 is 3.00 bits per heavy atom. The fourth-order valence-corrected chi connectivity index (χ4v) is 2.36. The minimum absolute atomic E-state index is 0.121. The SMILES string of the molecule is CNc1ccncc1C(=O)NCCc1csc(C)n1. The topological polar surface area (TPSA) is 66.9 Å². The molecular weight excluding hydrogens is 260 g/mol. The van der Waals surface area contributed by atoms with Crippen LogP contribution in [0.15, 0.2) is 23.8 Å². The number of amides is 1. The summed E-state index contributed by atoms with van der Waals surface area (Å²) in [6.45, 7) is 2.54. The Morgan fingerprint density at radius 2 is 2.32 bits per heavy atom. The second kappa shape index (κ2) is 6.29. The molecule has 2 rings (SSSR count). The van der Waals surface area contributed by atoms with Crippen molar-refractivity contribution in [2.75, 3.05) is 18.9 Å². The lowest BCUT2D eigenvalue weighted by atomic mass is 10.2. The van der Waals surface area contributed by atoms with E-state index in [4.69, 9.17) is 0 Å². The third-order valence-corrected chi connectivity index (χ3v) is 3.49. The number of aryl methyl sites for hydroxylation is 1. The number of nitrogens with one attached hydrogen (secondary N) is 2. The summed E-state index contributed by atoms with van der Waals surface area (Å²) < 4.78 is 0. The zero-order valence-electron chi connectivity index (χ0n) is 10.9. The lowest BCUT2D eigenvalue weighted by Gasteiger charge is -2.08. The van der Waals surface area contributed by atoms with Crippen molar-refractivity contribution in [2.45, 2.75) is 13.3 Å². The number of nitrogens with zero attached hydrogens (tertiary/aromatic N) is 2. The molecule has 2 aromatic heterocycles. The number of carbonyl (C=O) groups is 1. The zero-order chi connectivity index (χ0) is 13.7. The van der Waals surface area contributed by atoms with Gasteiger partial charge in [0.05, 0.1) is 16.3 Å². The molecule has 100 valence electrons. The van der Waals surface area contributed by atoms with Crippen LogP contribution in [0.4, 0.5) is 5.69 Å². The molecule has 0 aromatic carbocycles. The molecule has 0 aliphatic carbocycles. The number of thiazole rings is 1. The van der Waals surface area contributed by atoms with Gasteiger partial charge in [-0.2, -0.15) is 0 Å². The van der Waals surface area contributed by atoms with E-state index in [2.05, 4.69) is 20.6 Å². The van der Waals surface area contributed by atoms with Gasteiger partial charge in [-0.25, -0.2) is 4.98 Å². The standard InChI is InChI=1S/C13H16N4OS/c1-9-17-10(8-19-9)3-6-16-13(18)11-7-15-5-4-12(11)14-2/h4-5,7-8H,3,6H2,1-2H3,(H,14,15)(H,16,18). The van der Waals surface area contributed by atoms with Crippen molar-refractivity contribution in [1.29, 1.82) is 0 Å². The van der Waals surface area contributed by atoms with Crippen LogP contribution in [0.5, 0.6) is 0 Å². The Hall–Kier alpha value is -1.95. The molecule has 0 aliphatic heterocycles. The van der Waals surface area contributed by atoms with Gasteiger partial charge in [-0.3, -0.25) is 9.78 Å². The number of anilines is 1. The van der Waals surface area contributed by atoms with Crippen LogP contribution < -0.4 is 10.6 Å². The summed E-state index contributed by atoms with van der Waals surface area (Å²) in [7, 11) is 1.78. The van der Waals surface area contributed by atoms with Gasteiger partial charge in [-0.15, -0.1) is 11.3 Å². The van der Waals surface area contributed by atoms with Crippen molar-refractivity contribution in [3.8, 4) is 0 Å². The van der Waals surface area contributed by atoms with Crippen molar-refractivity contribution < 1.29 is 4.79 Å². The van der Waals surface area contributed by atoms with Crippen LogP contribution in [0.2, 0.25) is 0 Å². The fourth-order valence-electron chi connectivity index (χ4n) is 1.72. The fraction of sp³-hybridized carbons (Fsp3) is 0.308. The maximum absolute atomic E-state index is 12.0. The first-order chi connectivity index (χ1) is 9.20. The number of carbonyl (C=O) groups excluding carboxylic acids is 1. The van der Waals surface area contributed by atoms with Gasteiger partial charge in [0, 0.05) is 43.5 Å². The van der Waals surface area contributed by atoms with Gasteiger partial charge >= 0.3 is 0 Å². The predicted molar refractivity (Wildman–Crippen MR) is 76.7 cm³/mol. The molecule has 0 saturated heterocycles. The van der Waals surface area contributed by atoms with Crippen LogP contribution in [-0.2, 0) is 6.42 Å². The highest BCUT2D eigenvalue weighted by atomic mass is 32.1. The molecule has 0 saturated carbocycles. The van der Waals surface area contributed by atoms with Crippen LogP contribution in [0, 0.1) is 6.92 Å². The lowest BCUT2D eigenvalue weighted by Crippen LogP contribution is -2.26. The van der Waals surface area contributed by atoms with Crippen molar-refractivity contribution in [3.63, 3.8) is 0 Å². The van der Waals surface area contributed by atoms with E-state index in [1.165, 1.54) is 0 Å². The summed E-state index contributed by atoms with van der Waals surface area (Å²) >= 11 is 1.62. The maximum Gasteiger partial charge on any atom is 0.254 e. The molecule has 0 radical (unpaired) electrons. The van der Waals surface area contributed by atoms with Gasteiger partial charge in [0.25, 0.3) is 5.91 Å². The minimum atomic E-state index is -0.121. The molecule has 0 aliphatic rings. The minimum Gasteiger partial charge on any atom is -0.387 e. The Bertz CT molecular complexity index is 567. The third kappa shape index (κ3) is 3.51. The van der Waals surface area contributed by atoms with E-state index in [0.717, 1.165) is 22.8 Å². The second-order valence-corrected chi connectivity index (χ2v) is 5.10. The highest BCUT2D eigenvalue weighted by molar-refractivity contribution is 7.09. The van der Waals surface area contributed by atoms with Gasteiger partial charge in [-0.1, -0.05) is 0 Å². The zero-order valence-corrected chi connectivity index (χ0v) is 11.8. The van der Waals surface area contributed by atoms with E-state index in [-0.39, 0.29) is 5.91 Å². The average molecular weight is 276 g/mol. The summed E-state index contributed by atoms with van der Waals surface area (Å²) in [6.07, 6.45) is 3.96. The summed E-state index contributed by atoms with van der Waals surface area (Å²) in [5.41, 5.74) is 2.35. The van der Waals surface area contributed by atoms with Crippen LogP contribution in [0.1, 0.15) is 21.1 Å². The first kappa shape index (κ1) is 13.5. The largest absolute Gasteiger partial charge is 0.387 e. The van der Waals surface area contributed by atoms with Crippen LogP contribution in [0.25, 0.3) is 0 Å². The first-order valence-electron chi connectivity index (χ1n) is 6.01. The van der Waals surface area contributed by atoms with E-state index in [9.17, 15) is 4.79 Å². The smallest absolute Gasteiger partial charge is 0.254 e. The molecule has 5 nitrogen and oxygen atoms in total. The molecule has 0 bridgehead atoms. The summed E-state index contributed by atoms with van der Waals surface area (Å²) in [6, 6.07) is 1.78. The lowest BCUT2D eigenvalue weighted by molar-refractivity contribution is 0.0954. The van der Waals surface area contributed by atoms with E-state index in [0.29, 0.717) is 12.1 Å². The van der Waals surface area contributed by atoms with Gasteiger partial charge in [0.1, 0.15) is 0 Å². The molecule has 0 spiro atoms. The maximum atomic E-state index is 12.0. The van der Waals surface area contributed by atoms with E-state index >= 15 is 0 Å². The molecule has 2 aromatic rings. The number of rotatable bonds is 5. The second-order valence-electron chi connectivity index (χ2n) is 4.04. The molecule has 2 heterocycles. The van der Waals surface area contributed by atoms with Crippen molar-refractivity contribution in [1.82, 2.24) is 15.3 Å². The van der Waals surface area contributed by atoms with E-state index < -0.39 is 0 Å². The molecule has 19 heavy (non-hydrogen) atoms. The summed E-state index contributed by atoms with van der Waals surface area (Å²) in [4.78, 5) is 20.3. The highest BCUT2D eigenvalue weighted by Crippen LogP contribution is 2.12. The molecule has 2 N–H and O–H groups in total. The van der Waals surface area contributed by atoms with Crippen LogP contribution in [0.3, 0.4) is 0 Å². The Kier molecular flexibility index (Phi) is 4.46. The molecule has 0 fully saturated rings. The van der Waals surface area contributed by atoms with Gasteiger partial charge < -0.3 is 10.6 Å². The third-order valence-electron chi connectivity index (χ3n) is 2.67. The van der Waals surface area contributed by atoms with Gasteiger partial charge in [0.2, 0.25) is 0 Å². The van der Waals surface area contributed by atoms with E-state index in [1.54, 1.807) is 36.8 Å². The van der Waals surface area contributed by atoms with Crippen molar-refractivity contribution in [3.05, 3.63) is 40.1 Å². The van der Waals surface area contributed by atoms with Gasteiger partial charge in [-0.05, 0) is 13.0 Å². The molecular formula is C13H16N4OS. The Balaban J connectivity index is 1.90. The number of hydrogen-bond donors (Lipinski definition) is 2. The normalized spacial score (nSPS) is 10.2. The predicted octanol–water partition coefficient (Wildman–Crippen LogP) is 1.86. The Morgan fingerprint density at radius 1 is 1.47 bits per heavy atom. The summed E-state index contributed by atoms with van der Waals surface area (Å²) in [5, 5.41) is 8.92. The summed E-state index contributed by atoms with van der Waals surface area (Å²) in [5.74, 6) is -0.121. The molecule has 6 heteroatoms. The number of aromatic nitrogens is 2. The molecule has 0 unspecified atom stereocenters. The van der Waals surface area contributed by atoms with Crippen molar-refractivity contribution in [2.24, 2.45) is 0 Å². The number of pyridine rings is 1. The van der Waals surface area contributed by atoms with E-state index in [1.807, 2.05) is 12.3 Å². The van der Waals surface area contributed by atoms with Gasteiger partial charge in [0.15, 0.2) is 0 Å². The first-order valence-corrected chi connectivity index (χ1v) is 6.89. The monoisotopic (exact) mass is 276 g/mol. The average Bonchev–Trinajstić information content (AvgIpc) is 2.84. The van der Waals surface area contributed by atoms with Crippen LogP contribution >= 0.6 is 11.3 Å². The van der Waals surface area contributed by atoms with Crippen molar-refractivity contribution >= 4 is 22.9 Å². The Labute approximate surface area is 116 Å². The number of hydrogen-bond acceptors (Lipinski definition) is 5. The highest BCUT2D eigenvalue weighted by Gasteiger charge is 2.10. The molecule has 0 atom stereocenters. The van der Waals surface area contributed by atoms with Crippen LogP contribution in [-0.4, -0.2) is 29.5 Å².